The Morgan fingerprint density at radius 2 is 1.96 bits per heavy atom. The third-order valence-electron chi connectivity index (χ3n) is 2.98. The van der Waals surface area contributed by atoms with Gasteiger partial charge in [-0.3, -0.25) is 4.79 Å². The van der Waals surface area contributed by atoms with Gasteiger partial charge in [0.05, 0.1) is 11.3 Å². The van der Waals surface area contributed by atoms with E-state index in [1.54, 1.807) is 0 Å². The van der Waals surface area contributed by atoms with Crippen LogP contribution in [0.4, 0.5) is 14.5 Å². The Morgan fingerprint density at radius 3 is 2.64 bits per heavy atom. The van der Waals surface area contributed by atoms with Crippen LogP contribution in [0.2, 0.25) is 5.15 Å². The van der Waals surface area contributed by atoms with E-state index in [9.17, 15) is 18.4 Å². The minimum absolute atomic E-state index is 0.0302. The molecule has 1 heterocycles. The second-order valence-electron chi connectivity index (χ2n) is 4.78. The molecule has 0 radical (unpaired) electrons. The lowest BCUT2D eigenvalue weighted by atomic mass is 10.2. The van der Waals surface area contributed by atoms with Gasteiger partial charge in [0.1, 0.15) is 10.9 Å². The van der Waals surface area contributed by atoms with Crippen LogP contribution in [-0.2, 0) is 9.53 Å². The predicted molar refractivity (Wildman–Crippen MR) is 85.8 cm³/mol. The fraction of sp³-hybridized carbons (Fsp3) is 0.188. The van der Waals surface area contributed by atoms with Crippen LogP contribution in [0, 0.1) is 0 Å². The molecule has 2 aromatic rings. The molecule has 1 N–H and O–H groups in total. The van der Waals surface area contributed by atoms with E-state index in [1.807, 2.05) is 0 Å². The molecule has 2 rings (SSSR count). The molecule has 25 heavy (non-hydrogen) atoms. The molecule has 1 aromatic heterocycles. The number of ether oxygens (including phenoxy) is 2. The van der Waals surface area contributed by atoms with Crippen LogP contribution in [0.1, 0.15) is 17.3 Å². The highest BCUT2D eigenvalue weighted by molar-refractivity contribution is 6.29. The summed E-state index contributed by atoms with van der Waals surface area (Å²) in [7, 11) is 0. The molecule has 0 fully saturated rings. The Balaban J connectivity index is 2.02. The number of hydrogen-bond acceptors (Lipinski definition) is 5. The van der Waals surface area contributed by atoms with E-state index in [0.717, 1.165) is 0 Å². The summed E-state index contributed by atoms with van der Waals surface area (Å²) in [6.45, 7) is -1.70. The van der Waals surface area contributed by atoms with E-state index in [-0.39, 0.29) is 22.2 Å². The number of alkyl halides is 2. The van der Waals surface area contributed by atoms with Gasteiger partial charge in [0, 0.05) is 6.20 Å². The van der Waals surface area contributed by atoms with E-state index in [2.05, 4.69) is 15.0 Å². The van der Waals surface area contributed by atoms with E-state index < -0.39 is 24.6 Å². The second kappa shape index (κ2) is 8.39. The van der Waals surface area contributed by atoms with E-state index in [4.69, 9.17) is 16.3 Å². The quantitative estimate of drug-likeness (QED) is 0.622. The topological polar surface area (TPSA) is 77.5 Å². The molecule has 0 spiro atoms. The maximum Gasteiger partial charge on any atom is 0.387 e. The van der Waals surface area contributed by atoms with Gasteiger partial charge in [0.25, 0.3) is 5.91 Å². The first-order valence-electron chi connectivity index (χ1n) is 7.04. The highest BCUT2D eigenvalue weighted by Gasteiger charge is 2.21. The van der Waals surface area contributed by atoms with Crippen molar-refractivity contribution in [3.05, 3.63) is 53.3 Å². The number of aromatic nitrogens is 1. The molecule has 0 aliphatic rings. The van der Waals surface area contributed by atoms with Crippen molar-refractivity contribution in [1.82, 2.24) is 4.98 Å². The number of hydrogen-bond donors (Lipinski definition) is 1. The largest absolute Gasteiger partial charge is 0.449 e. The van der Waals surface area contributed by atoms with E-state index in [0.29, 0.717) is 0 Å². The number of nitrogens with one attached hydrogen (secondary N) is 1. The van der Waals surface area contributed by atoms with Crippen LogP contribution in [-0.4, -0.2) is 29.6 Å². The van der Waals surface area contributed by atoms with Crippen LogP contribution in [0.3, 0.4) is 0 Å². The van der Waals surface area contributed by atoms with Crippen LogP contribution in [0.5, 0.6) is 5.75 Å². The molecule has 9 heteroatoms. The van der Waals surface area contributed by atoms with Crippen molar-refractivity contribution in [2.24, 2.45) is 0 Å². The lowest BCUT2D eigenvalue weighted by Crippen LogP contribution is -2.30. The fourth-order valence-electron chi connectivity index (χ4n) is 1.81. The lowest BCUT2D eigenvalue weighted by molar-refractivity contribution is -0.123. The zero-order valence-electron chi connectivity index (χ0n) is 12.9. The molecule has 0 aliphatic carbocycles. The molecule has 6 nitrogen and oxygen atoms in total. The number of nitrogens with zero attached hydrogens (tertiary/aromatic N) is 1. The predicted octanol–water partition coefficient (Wildman–Crippen LogP) is 3.52. The zero-order valence-corrected chi connectivity index (χ0v) is 13.7. The van der Waals surface area contributed by atoms with Gasteiger partial charge in [-0.05, 0) is 31.2 Å². The number of anilines is 1. The molecule has 0 bridgehead atoms. The van der Waals surface area contributed by atoms with Gasteiger partial charge >= 0.3 is 12.6 Å². The number of halogens is 3. The van der Waals surface area contributed by atoms with Gasteiger partial charge in [-0.15, -0.1) is 0 Å². The molecule has 0 saturated heterocycles. The summed E-state index contributed by atoms with van der Waals surface area (Å²) in [5.74, 6) is -1.69. The number of para-hydroxylation sites is 2. The first-order valence-corrected chi connectivity index (χ1v) is 7.42. The Labute approximate surface area is 146 Å². The Morgan fingerprint density at radius 1 is 1.24 bits per heavy atom. The first-order chi connectivity index (χ1) is 11.9. The lowest BCUT2D eigenvalue weighted by Gasteiger charge is -2.15. The zero-order chi connectivity index (χ0) is 18.4. The molecule has 0 saturated carbocycles. The van der Waals surface area contributed by atoms with Crippen molar-refractivity contribution in [2.75, 3.05) is 5.32 Å². The Bertz CT molecular complexity index is 773. The molecule has 1 unspecified atom stereocenters. The molecular formula is C16H13ClF2N2O4. The highest BCUT2D eigenvalue weighted by atomic mass is 35.5. The monoisotopic (exact) mass is 370 g/mol. The standard InChI is InChI=1S/C16H13ClF2N2O4/c1-9(24-15(23)10-6-7-20-13(17)8-10)14(22)21-11-4-2-3-5-12(11)25-16(18)19/h2-9,16H,1H3,(H,21,22). The average molecular weight is 371 g/mol. The third kappa shape index (κ3) is 5.39. The number of amides is 1. The smallest absolute Gasteiger partial charge is 0.387 e. The van der Waals surface area contributed by atoms with Crippen LogP contribution >= 0.6 is 11.6 Å². The second-order valence-corrected chi connectivity index (χ2v) is 5.17. The molecule has 1 atom stereocenters. The van der Waals surface area contributed by atoms with E-state index in [1.165, 1.54) is 49.5 Å². The van der Waals surface area contributed by atoms with Gasteiger partial charge in [0.2, 0.25) is 0 Å². The summed E-state index contributed by atoms with van der Waals surface area (Å²) in [6, 6.07) is 8.34. The van der Waals surface area contributed by atoms with Gasteiger partial charge < -0.3 is 14.8 Å². The van der Waals surface area contributed by atoms with Crippen molar-refractivity contribution < 1.29 is 27.8 Å². The molecular weight excluding hydrogens is 358 g/mol. The number of rotatable bonds is 6. The number of carbonyl (C=O) groups is 2. The summed E-state index contributed by atoms with van der Waals surface area (Å²) < 4.78 is 34.1. The van der Waals surface area contributed by atoms with Crippen LogP contribution in [0.15, 0.2) is 42.6 Å². The SMILES string of the molecule is CC(OC(=O)c1ccnc(Cl)c1)C(=O)Nc1ccccc1OC(F)F. The van der Waals surface area contributed by atoms with Gasteiger partial charge in [-0.25, -0.2) is 9.78 Å². The Kier molecular flexibility index (Phi) is 6.24. The number of pyridine rings is 1. The van der Waals surface area contributed by atoms with Crippen molar-refractivity contribution in [2.45, 2.75) is 19.6 Å². The van der Waals surface area contributed by atoms with Gasteiger partial charge in [-0.1, -0.05) is 23.7 Å². The van der Waals surface area contributed by atoms with Gasteiger partial charge in [0.15, 0.2) is 6.10 Å². The minimum Gasteiger partial charge on any atom is -0.449 e. The van der Waals surface area contributed by atoms with Crippen molar-refractivity contribution in [3.63, 3.8) is 0 Å². The Hall–Kier alpha value is -2.74. The summed E-state index contributed by atoms with van der Waals surface area (Å²) in [5, 5.41) is 2.47. The third-order valence-corrected chi connectivity index (χ3v) is 3.18. The first kappa shape index (κ1) is 18.6. The minimum atomic E-state index is -3.04. The maximum atomic E-state index is 12.4. The van der Waals surface area contributed by atoms with E-state index >= 15 is 0 Å². The average Bonchev–Trinajstić information content (AvgIpc) is 2.56. The normalized spacial score (nSPS) is 11.7. The summed E-state index contributed by atoms with van der Waals surface area (Å²) >= 11 is 5.68. The van der Waals surface area contributed by atoms with Crippen LogP contribution < -0.4 is 10.1 Å². The number of benzene rings is 1. The molecule has 1 aromatic carbocycles. The molecule has 132 valence electrons. The fourth-order valence-corrected chi connectivity index (χ4v) is 1.99. The maximum absolute atomic E-state index is 12.4. The molecule has 1 amide bonds. The molecule has 0 aliphatic heterocycles. The number of esters is 1. The summed E-state index contributed by atoms with van der Waals surface area (Å²) in [6.07, 6.45) is 0.140. The van der Waals surface area contributed by atoms with Crippen LogP contribution in [0.25, 0.3) is 0 Å². The van der Waals surface area contributed by atoms with Crippen molar-refractivity contribution in [1.29, 1.82) is 0 Å². The summed E-state index contributed by atoms with van der Waals surface area (Å²) in [5.41, 5.74) is 0.156. The number of carbonyl (C=O) groups excluding carboxylic acids is 2. The van der Waals surface area contributed by atoms with Crippen molar-refractivity contribution in [3.8, 4) is 5.75 Å². The van der Waals surface area contributed by atoms with Crippen molar-refractivity contribution >= 4 is 29.2 Å². The van der Waals surface area contributed by atoms with Gasteiger partial charge in [-0.2, -0.15) is 8.78 Å². The highest BCUT2D eigenvalue weighted by Crippen LogP contribution is 2.25. The summed E-state index contributed by atoms with van der Waals surface area (Å²) in [4.78, 5) is 27.8.